The van der Waals surface area contributed by atoms with Crippen LogP contribution in [0.1, 0.15) is 84.5 Å². The summed E-state index contributed by atoms with van der Waals surface area (Å²) in [5.74, 6) is 1.06. The van der Waals surface area contributed by atoms with E-state index >= 15 is 0 Å². The summed E-state index contributed by atoms with van der Waals surface area (Å²) in [7, 11) is 0. The number of hydrogen-bond donors (Lipinski definition) is 1. The second-order valence-electron chi connectivity index (χ2n) is 13.6. The quantitative estimate of drug-likeness (QED) is 0.595. The van der Waals surface area contributed by atoms with E-state index in [2.05, 4.69) is 44.3 Å². The van der Waals surface area contributed by atoms with Crippen LogP contribution in [0.3, 0.4) is 0 Å². The molecule has 4 heterocycles. The molecule has 0 aromatic heterocycles. The molecule has 4 aliphatic heterocycles. The summed E-state index contributed by atoms with van der Waals surface area (Å²) in [5, 5.41) is 2.63. The summed E-state index contributed by atoms with van der Waals surface area (Å²) in [6.07, 6.45) is 2.53. The average molecular weight is 556 g/mol. The van der Waals surface area contributed by atoms with Gasteiger partial charge in [-0.15, -0.1) is 0 Å². The van der Waals surface area contributed by atoms with Crippen molar-refractivity contribution in [1.29, 1.82) is 0 Å². The maximum Gasteiger partial charge on any atom is 0.408 e. The molecule has 1 aromatic carbocycles. The van der Waals surface area contributed by atoms with Crippen molar-refractivity contribution in [3.05, 3.63) is 29.3 Å². The molecule has 9 nitrogen and oxygen atoms in total. The highest BCUT2D eigenvalue weighted by Gasteiger charge is 2.52. The second-order valence-corrected chi connectivity index (χ2v) is 13.6. The van der Waals surface area contributed by atoms with E-state index in [4.69, 9.17) is 14.2 Å². The lowest BCUT2D eigenvalue weighted by Crippen LogP contribution is -2.58. The van der Waals surface area contributed by atoms with Crippen molar-refractivity contribution in [3.8, 4) is 5.75 Å². The standard InChI is InChI=1S/C31H45N3O6/c1-18-10-11-21-25(15-18)39-31(6,7)22-16-20-17-33(14-12-24(20)38-26(21)22)28(36)23-9-8-13-34(23)27(35)19(2)32-29(37)40-30(3,4)5/h10-11,15,19-20,22-24,26H,8-9,12-14,16-17H2,1-7H3,(H,32,37)/t19?,20-,22+,23-,24+,26-/m0/s1. The molecule has 9 heteroatoms. The third-order valence-corrected chi connectivity index (χ3v) is 8.89. The summed E-state index contributed by atoms with van der Waals surface area (Å²) < 4.78 is 18.6. The van der Waals surface area contributed by atoms with Crippen LogP contribution in [0.25, 0.3) is 0 Å². The predicted octanol–water partition coefficient (Wildman–Crippen LogP) is 4.36. The number of aryl methyl sites for hydroxylation is 1. The first-order valence-corrected chi connectivity index (χ1v) is 14.8. The minimum Gasteiger partial charge on any atom is -0.487 e. The molecular formula is C31H45N3O6. The Hall–Kier alpha value is -2.81. The highest BCUT2D eigenvalue weighted by molar-refractivity contribution is 5.91. The third kappa shape index (κ3) is 5.67. The Morgan fingerprint density at radius 1 is 1.15 bits per heavy atom. The highest BCUT2D eigenvalue weighted by Crippen LogP contribution is 2.53. The van der Waals surface area contributed by atoms with Gasteiger partial charge in [0, 0.05) is 37.0 Å². The van der Waals surface area contributed by atoms with E-state index in [-0.39, 0.29) is 41.5 Å². The molecule has 220 valence electrons. The van der Waals surface area contributed by atoms with Crippen LogP contribution in [-0.2, 0) is 19.1 Å². The Balaban J connectivity index is 1.24. The minimum absolute atomic E-state index is 0.00383. The molecule has 0 radical (unpaired) electrons. The van der Waals surface area contributed by atoms with Gasteiger partial charge in [-0.05, 0) is 85.8 Å². The van der Waals surface area contributed by atoms with E-state index in [0.29, 0.717) is 26.1 Å². The number of carbonyl (C=O) groups is 3. The summed E-state index contributed by atoms with van der Waals surface area (Å²) in [6, 6.07) is 5.07. The van der Waals surface area contributed by atoms with Gasteiger partial charge in [-0.25, -0.2) is 4.79 Å². The zero-order chi connectivity index (χ0) is 29.0. The topological polar surface area (TPSA) is 97.4 Å². The van der Waals surface area contributed by atoms with Crippen molar-refractivity contribution in [2.45, 2.75) is 110 Å². The van der Waals surface area contributed by atoms with Gasteiger partial charge in [0.1, 0.15) is 29.0 Å². The van der Waals surface area contributed by atoms with Crippen LogP contribution in [0.15, 0.2) is 18.2 Å². The lowest BCUT2D eigenvalue weighted by Gasteiger charge is -2.53. The number of nitrogens with zero attached hydrogens (tertiary/aromatic N) is 2. The van der Waals surface area contributed by atoms with Gasteiger partial charge in [-0.2, -0.15) is 0 Å². The van der Waals surface area contributed by atoms with Crippen LogP contribution in [0.5, 0.6) is 5.75 Å². The lowest BCUT2D eigenvalue weighted by atomic mass is 9.70. The normalized spacial score (nSPS) is 29.8. The van der Waals surface area contributed by atoms with Crippen LogP contribution >= 0.6 is 0 Å². The SMILES string of the molecule is Cc1ccc2c(c1)OC(C)(C)[C@@H]1C[C@H]3CN(C(=O)[C@@H]4CCCN4C(=O)C(C)NC(=O)OC(C)(C)C)CC[C@H]3O[C@@H]21. The van der Waals surface area contributed by atoms with Crippen LogP contribution in [0.4, 0.5) is 4.79 Å². The number of nitrogens with one attached hydrogen (secondary N) is 1. The molecule has 1 unspecified atom stereocenters. The van der Waals surface area contributed by atoms with Gasteiger partial charge in [0.05, 0.1) is 12.2 Å². The average Bonchev–Trinajstić information content (AvgIpc) is 3.35. The number of piperidine rings is 1. The highest BCUT2D eigenvalue weighted by atomic mass is 16.6. The van der Waals surface area contributed by atoms with E-state index in [0.717, 1.165) is 30.6 Å². The number of fused-ring (bicyclic) bond motifs is 4. The number of rotatable bonds is 3. The maximum atomic E-state index is 13.8. The van der Waals surface area contributed by atoms with Gasteiger partial charge in [0.25, 0.3) is 0 Å². The lowest BCUT2D eigenvalue weighted by molar-refractivity contribution is -0.189. The molecule has 3 amide bonds. The number of hydrogen-bond acceptors (Lipinski definition) is 6. The van der Waals surface area contributed by atoms with Gasteiger partial charge < -0.3 is 29.3 Å². The molecule has 0 saturated carbocycles. The monoisotopic (exact) mass is 555 g/mol. The smallest absolute Gasteiger partial charge is 0.408 e. The fourth-order valence-corrected chi connectivity index (χ4v) is 6.90. The van der Waals surface area contributed by atoms with Crippen molar-refractivity contribution in [2.75, 3.05) is 19.6 Å². The van der Waals surface area contributed by atoms with Gasteiger partial charge in [-0.1, -0.05) is 12.1 Å². The molecule has 3 fully saturated rings. The Bertz CT molecular complexity index is 1160. The van der Waals surface area contributed by atoms with Gasteiger partial charge >= 0.3 is 6.09 Å². The predicted molar refractivity (Wildman–Crippen MR) is 150 cm³/mol. The molecule has 40 heavy (non-hydrogen) atoms. The molecule has 1 aromatic rings. The Labute approximate surface area is 237 Å². The Morgan fingerprint density at radius 3 is 2.62 bits per heavy atom. The molecule has 1 N–H and O–H groups in total. The zero-order valence-corrected chi connectivity index (χ0v) is 25.0. The fraction of sp³-hybridized carbons (Fsp3) is 0.710. The number of ether oxygens (including phenoxy) is 3. The first-order valence-electron chi connectivity index (χ1n) is 14.8. The first-order chi connectivity index (χ1) is 18.7. The summed E-state index contributed by atoms with van der Waals surface area (Å²) >= 11 is 0. The van der Waals surface area contributed by atoms with Crippen molar-refractivity contribution in [3.63, 3.8) is 0 Å². The number of likely N-dealkylation sites (tertiary alicyclic amines) is 2. The van der Waals surface area contributed by atoms with Crippen LogP contribution in [-0.4, -0.2) is 76.7 Å². The zero-order valence-electron chi connectivity index (χ0n) is 25.0. The number of amides is 3. The van der Waals surface area contributed by atoms with Gasteiger partial charge in [-0.3, -0.25) is 9.59 Å². The minimum atomic E-state index is -0.780. The van der Waals surface area contributed by atoms with E-state index in [1.807, 2.05) is 4.90 Å². The molecule has 3 saturated heterocycles. The number of alkyl carbamates (subject to hydrolysis) is 1. The largest absolute Gasteiger partial charge is 0.487 e. The van der Waals surface area contributed by atoms with Crippen molar-refractivity contribution < 1.29 is 28.6 Å². The maximum absolute atomic E-state index is 13.8. The van der Waals surface area contributed by atoms with Crippen LogP contribution < -0.4 is 10.1 Å². The molecule has 0 bridgehead atoms. The van der Waals surface area contributed by atoms with E-state index in [1.54, 1.807) is 32.6 Å². The van der Waals surface area contributed by atoms with E-state index in [1.165, 1.54) is 5.56 Å². The molecule has 0 spiro atoms. The number of benzene rings is 1. The van der Waals surface area contributed by atoms with Gasteiger partial charge in [0.15, 0.2) is 0 Å². The third-order valence-electron chi connectivity index (χ3n) is 8.89. The Kier molecular flexibility index (Phi) is 7.57. The van der Waals surface area contributed by atoms with Crippen molar-refractivity contribution in [1.82, 2.24) is 15.1 Å². The van der Waals surface area contributed by atoms with Crippen molar-refractivity contribution in [2.24, 2.45) is 11.8 Å². The summed E-state index contributed by atoms with van der Waals surface area (Å²) in [6.45, 7) is 15.1. The van der Waals surface area contributed by atoms with E-state index < -0.39 is 23.8 Å². The first kappa shape index (κ1) is 28.7. The van der Waals surface area contributed by atoms with Crippen molar-refractivity contribution >= 4 is 17.9 Å². The Morgan fingerprint density at radius 2 is 1.90 bits per heavy atom. The number of carbonyl (C=O) groups excluding carboxylic acids is 3. The van der Waals surface area contributed by atoms with Crippen LogP contribution in [0, 0.1) is 18.8 Å². The van der Waals surface area contributed by atoms with Crippen LogP contribution in [0.2, 0.25) is 0 Å². The molecule has 6 atom stereocenters. The fourth-order valence-electron chi connectivity index (χ4n) is 6.90. The molecule has 4 aliphatic rings. The van der Waals surface area contributed by atoms with E-state index in [9.17, 15) is 14.4 Å². The second kappa shape index (κ2) is 10.5. The summed E-state index contributed by atoms with van der Waals surface area (Å²) in [4.78, 5) is 42.8. The molecule has 0 aliphatic carbocycles. The molecule has 5 rings (SSSR count). The molecular weight excluding hydrogens is 510 g/mol. The van der Waals surface area contributed by atoms with Gasteiger partial charge in [0.2, 0.25) is 11.8 Å². The summed E-state index contributed by atoms with van der Waals surface area (Å²) in [5.41, 5.74) is 1.26.